The Kier molecular flexibility index (Phi) is 3.69. The summed E-state index contributed by atoms with van der Waals surface area (Å²) < 4.78 is 5.58. The molecule has 1 heterocycles. The number of nitrogen functional groups attached to an aromatic ring is 1. The highest BCUT2D eigenvalue weighted by Crippen LogP contribution is 2.26. The molecule has 3 rings (SSSR count). The molecule has 0 spiro atoms. The largest absolute Gasteiger partial charge is 0.494 e. The molecule has 0 amide bonds. The third-order valence-electron chi connectivity index (χ3n) is 3.20. The van der Waals surface area contributed by atoms with E-state index in [0.29, 0.717) is 11.5 Å². The van der Waals surface area contributed by atoms with Gasteiger partial charge in [0.1, 0.15) is 11.4 Å². The van der Waals surface area contributed by atoms with Crippen LogP contribution >= 0.6 is 0 Å². The van der Waals surface area contributed by atoms with Gasteiger partial charge in [0.25, 0.3) is 0 Å². The van der Waals surface area contributed by atoms with Crippen LogP contribution in [0.25, 0.3) is 22.3 Å². The summed E-state index contributed by atoms with van der Waals surface area (Å²) in [5, 5.41) is 0. The van der Waals surface area contributed by atoms with Gasteiger partial charge in [-0.2, -0.15) is 0 Å². The van der Waals surface area contributed by atoms with E-state index < -0.39 is 0 Å². The van der Waals surface area contributed by atoms with E-state index in [1.54, 1.807) is 0 Å². The number of aromatic nitrogens is 2. The Morgan fingerprint density at radius 1 is 0.952 bits per heavy atom. The van der Waals surface area contributed by atoms with E-state index in [1.807, 2.05) is 48.5 Å². The van der Waals surface area contributed by atoms with Gasteiger partial charge in [0.05, 0.1) is 17.6 Å². The Balaban J connectivity index is 1.97. The molecule has 3 aromatic rings. The van der Waals surface area contributed by atoms with Crippen LogP contribution in [-0.4, -0.2) is 16.6 Å². The first kappa shape index (κ1) is 13.4. The van der Waals surface area contributed by atoms with Crippen molar-refractivity contribution in [1.82, 2.24) is 9.97 Å². The normalized spacial score (nSPS) is 10.7. The standard InChI is InChI=1S/C17H17N3O/c1-2-11-21-13-9-7-12(8-10-13)16-17(18)20-15-6-4-3-5-14(15)19-16/h3-10H,2,11H2,1H3,(H2,18,20). The summed E-state index contributed by atoms with van der Waals surface area (Å²) in [6, 6.07) is 15.5. The van der Waals surface area contributed by atoms with Crippen LogP contribution in [0.3, 0.4) is 0 Å². The highest BCUT2D eigenvalue weighted by Gasteiger charge is 2.08. The van der Waals surface area contributed by atoms with Crippen LogP contribution in [0, 0.1) is 0 Å². The minimum atomic E-state index is 0.441. The van der Waals surface area contributed by atoms with Crippen LogP contribution in [0.5, 0.6) is 5.75 Å². The molecule has 1 aromatic heterocycles. The topological polar surface area (TPSA) is 61.0 Å². The number of hydrogen-bond donors (Lipinski definition) is 1. The first-order valence-electron chi connectivity index (χ1n) is 7.03. The van der Waals surface area contributed by atoms with Gasteiger partial charge in [-0.15, -0.1) is 0 Å². The van der Waals surface area contributed by atoms with E-state index in [9.17, 15) is 0 Å². The van der Waals surface area contributed by atoms with Crippen molar-refractivity contribution in [1.29, 1.82) is 0 Å². The van der Waals surface area contributed by atoms with E-state index in [1.165, 1.54) is 0 Å². The first-order valence-corrected chi connectivity index (χ1v) is 7.03. The smallest absolute Gasteiger partial charge is 0.150 e. The maximum Gasteiger partial charge on any atom is 0.150 e. The molecule has 2 aromatic carbocycles. The molecule has 4 nitrogen and oxygen atoms in total. The van der Waals surface area contributed by atoms with Gasteiger partial charge < -0.3 is 10.5 Å². The number of nitrogens with two attached hydrogens (primary N) is 1. The van der Waals surface area contributed by atoms with Gasteiger partial charge in [0.2, 0.25) is 0 Å². The summed E-state index contributed by atoms with van der Waals surface area (Å²) in [5.41, 5.74) is 9.32. The Labute approximate surface area is 123 Å². The molecule has 0 aliphatic heterocycles. The fraction of sp³-hybridized carbons (Fsp3) is 0.176. The molecule has 0 aliphatic carbocycles. The Morgan fingerprint density at radius 3 is 2.29 bits per heavy atom. The molecule has 0 saturated heterocycles. The van der Waals surface area contributed by atoms with Gasteiger partial charge in [-0.1, -0.05) is 19.1 Å². The van der Waals surface area contributed by atoms with Crippen molar-refractivity contribution in [3.8, 4) is 17.0 Å². The lowest BCUT2D eigenvalue weighted by molar-refractivity contribution is 0.317. The number of para-hydroxylation sites is 2. The van der Waals surface area contributed by atoms with Gasteiger partial charge in [-0.05, 0) is 42.8 Å². The van der Waals surface area contributed by atoms with E-state index in [4.69, 9.17) is 10.5 Å². The summed E-state index contributed by atoms with van der Waals surface area (Å²) in [6.07, 6.45) is 0.991. The number of nitrogens with zero attached hydrogens (tertiary/aromatic N) is 2. The zero-order valence-corrected chi connectivity index (χ0v) is 11.9. The molecule has 2 N–H and O–H groups in total. The van der Waals surface area contributed by atoms with Crippen molar-refractivity contribution >= 4 is 16.9 Å². The molecule has 0 radical (unpaired) electrons. The van der Waals surface area contributed by atoms with Crippen molar-refractivity contribution in [3.63, 3.8) is 0 Å². The van der Waals surface area contributed by atoms with Crippen LogP contribution in [0.1, 0.15) is 13.3 Å². The van der Waals surface area contributed by atoms with E-state index in [0.717, 1.165) is 35.4 Å². The van der Waals surface area contributed by atoms with Crippen molar-refractivity contribution < 1.29 is 4.74 Å². The number of rotatable bonds is 4. The van der Waals surface area contributed by atoms with E-state index in [-0.39, 0.29) is 0 Å². The highest BCUT2D eigenvalue weighted by atomic mass is 16.5. The minimum Gasteiger partial charge on any atom is -0.494 e. The number of fused-ring (bicyclic) bond motifs is 1. The quantitative estimate of drug-likeness (QED) is 0.791. The number of hydrogen-bond acceptors (Lipinski definition) is 4. The van der Waals surface area contributed by atoms with Gasteiger partial charge in [-0.25, -0.2) is 9.97 Å². The number of benzene rings is 2. The minimum absolute atomic E-state index is 0.441. The van der Waals surface area contributed by atoms with Crippen molar-refractivity contribution in [2.24, 2.45) is 0 Å². The van der Waals surface area contributed by atoms with Crippen LogP contribution < -0.4 is 10.5 Å². The lowest BCUT2D eigenvalue weighted by Crippen LogP contribution is -1.99. The third-order valence-corrected chi connectivity index (χ3v) is 3.20. The molecule has 106 valence electrons. The van der Waals surface area contributed by atoms with Crippen molar-refractivity contribution in [2.75, 3.05) is 12.3 Å². The molecule has 0 bridgehead atoms. The zero-order chi connectivity index (χ0) is 14.7. The van der Waals surface area contributed by atoms with Crippen LogP contribution in [-0.2, 0) is 0 Å². The predicted octanol–water partition coefficient (Wildman–Crippen LogP) is 3.67. The van der Waals surface area contributed by atoms with Crippen LogP contribution in [0.4, 0.5) is 5.82 Å². The molecule has 21 heavy (non-hydrogen) atoms. The molecular weight excluding hydrogens is 262 g/mol. The van der Waals surface area contributed by atoms with E-state index in [2.05, 4.69) is 16.9 Å². The Morgan fingerprint density at radius 2 is 1.62 bits per heavy atom. The van der Waals surface area contributed by atoms with Crippen LogP contribution in [0.15, 0.2) is 48.5 Å². The first-order chi connectivity index (χ1) is 10.3. The second-order valence-electron chi connectivity index (χ2n) is 4.82. The number of anilines is 1. The average Bonchev–Trinajstić information content (AvgIpc) is 2.53. The Hall–Kier alpha value is -2.62. The van der Waals surface area contributed by atoms with E-state index >= 15 is 0 Å². The fourth-order valence-corrected chi connectivity index (χ4v) is 2.16. The molecule has 0 unspecified atom stereocenters. The highest BCUT2D eigenvalue weighted by molar-refractivity contribution is 5.82. The van der Waals surface area contributed by atoms with Gasteiger partial charge in [0.15, 0.2) is 5.82 Å². The van der Waals surface area contributed by atoms with Crippen LogP contribution in [0.2, 0.25) is 0 Å². The second kappa shape index (κ2) is 5.79. The summed E-state index contributed by atoms with van der Waals surface area (Å²) >= 11 is 0. The summed E-state index contributed by atoms with van der Waals surface area (Å²) in [5.74, 6) is 1.30. The summed E-state index contributed by atoms with van der Waals surface area (Å²) in [7, 11) is 0. The number of ether oxygens (including phenoxy) is 1. The van der Waals surface area contributed by atoms with Crippen molar-refractivity contribution in [2.45, 2.75) is 13.3 Å². The molecular formula is C17H17N3O. The van der Waals surface area contributed by atoms with Crippen molar-refractivity contribution in [3.05, 3.63) is 48.5 Å². The lowest BCUT2D eigenvalue weighted by atomic mass is 10.1. The molecule has 0 atom stereocenters. The lowest BCUT2D eigenvalue weighted by Gasteiger charge is -2.08. The van der Waals surface area contributed by atoms with Gasteiger partial charge >= 0.3 is 0 Å². The summed E-state index contributed by atoms with van der Waals surface area (Å²) in [6.45, 7) is 2.80. The fourth-order valence-electron chi connectivity index (χ4n) is 2.16. The molecule has 0 fully saturated rings. The van der Waals surface area contributed by atoms with Gasteiger partial charge in [-0.3, -0.25) is 0 Å². The molecule has 0 aliphatic rings. The van der Waals surface area contributed by atoms with Gasteiger partial charge in [0, 0.05) is 5.56 Å². The second-order valence-corrected chi connectivity index (χ2v) is 4.82. The Bertz CT molecular complexity index is 754. The maximum absolute atomic E-state index is 6.03. The zero-order valence-electron chi connectivity index (χ0n) is 11.9. The SMILES string of the molecule is CCCOc1ccc(-c2nc3ccccc3nc2N)cc1. The summed E-state index contributed by atoms with van der Waals surface area (Å²) in [4.78, 5) is 9.02. The average molecular weight is 279 g/mol. The monoisotopic (exact) mass is 279 g/mol. The predicted molar refractivity (Wildman–Crippen MR) is 85.2 cm³/mol. The third kappa shape index (κ3) is 2.79. The molecule has 0 saturated carbocycles. The maximum atomic E-state index is 6.03. The molecule has 4 heteroatoms.